The first kappa shape index (κ1) is 9.54. The normalized spacial score (nSPS) is 14.8. The van der Waals surface area contributed by atoms with Gasteiger partial charge in [-0.05, 0) is 19.1 Å². The van der Waals surface area contributed by atoms with Gasteiger partial charge in [-0.2, -0.15) is 13.2 Å². The Bertz CT molecular complexity index is 266. The van der Waals surface area contributed by atoms with Crippen molar-refractivity contribution in [2.75, 3.05) is 0 Å². The molecule has 1 atom stereocenters. The summed E-state index contributed by atoms with van der Waals surface area (Å²) in [6.07, 6.45) is -4.34. The van der Waals surface area contributed by atoms with Crippen LogP contribution in [0.3, 0.4) is 0 Å². The molecule has 0 aliphatic carbocycles. The predicted molar refractivity (Wildman–Crippen MR) is 42.0 cm³/mol. The van der Waals surface area contributed by atoms with E-state index < -0.39 is 12.2 Å². The van der Waals surface area contributed by atoms with Crippen LogP contribution in [0.2, 0.25) is 0 Å². The molecule has 1 aromatic rings. The molecule has 12 heavy (non-hydrogen) atoms. The lowest BCUT2D eigenvalue weighted by atomic mass is 10.2. The van der Waals surface area contributed by atoms with Crippen molar-refractivity contribution in [3.63, 3.8) is 0 Å². The number of thiophene rings is 1. The molecule has 0 bridgehead atoms. The van der Waals surface area contributed by atoms with Crippen LogP contribution in [0.15, 0.2) is 12.1 Å². The van der Waals surface area contributed by atoms with Gasteiger partial charge in [0, 0.05) is 9.75 Å². The fourth-order valence-corrected chi connectivity index (χ4v) is 1.69. The Morgan fingerprint density at radius 1 is 1.42 bits per heavy atom. The van der Waals surface area contributed by atoms with Crippen molar-refractivity contribution in [1.29, 1.82) is 0 Å². The number of rotatable bonds is 1. The van der Waals surface area contributed by atoms with Crippen LogP contribution < -0.4 is 5.73 Å². The SMILES string of the molecule is Cc1ccc(C(N)C(F)(F)F)s1. The lowest BCUT2D eigenvalue weighted by Gasteiger charge is -2.12. The highest BCUT2D eigenvalue weighted by molar-refractivity contribution is 7.12. The third-order valence-corrected chi connectivity index (χ3v) is 2.50. The summed E-state index contributed by atoms with van der Waals surface area (Å²) in [6, 6.07) is 1.21. The van der Waals surface area contributed by atoms with Crippen LogP contribution >= 0.6 is 11.3 Å². The Hall–Kier alpha value is -0.550. The van der Waals surface area contributed by atoms with Gasteiger partial charge in [-0.15, -0.1) is 11.3 Å². The fraction of sp³-hybridized carbons (Fsp3) is 0.429. The second-order valence-electron chi connectivity index (χ2n) is 2.47. The maximum Gasteiger partial charge on any atom is 0.408 e. The lowest BCUT2D eigenvalue weighted by Crippen LogP contribution is -2.27. The van der Waals surface area contributed by atoms with Crippen LogP contribution in [-0.2, 0) is 0 Å². The molecule has 0 amide bonds. The Morgan fingerprint density at radius 2 is 2.00 bits per heavy atom. The Balaban J connectivity index is 2.85. The molecule has 1 heterocycles. The fourth-order valence-electron chi connectivity index (χ4n) is 0.782. The number of nitrogens with two attached hydrogens (primary N) is 1. The Labute approximate surface area is 72.0 Å². The highest BCUT2D eigenvalue weighted by Crippen LogP contribution is 2.33. The summed E-state index contributed by atoms with van der Waals surface area (Å²) in [5.74, 6) is 0. The van der Waals surface area contributed by atoms with Crippen molar-refractivity contribution >= 4 is 11.3 Å². The summed E-state index contributed by atoms with van der Waals surface area (Å²) in [5, 5.41) is 0. The zero-order chi connectivity index (χ0) is 9.35. The second-order valence-corrected chi connectivity index (χ2v) is 3.79. The van der Waals surface area contributed by atoms with E-state index in [0.717, 1.165) is 16.2 Å². The zero-order valence-electron chi connectivity index (χ0n) is 6.35. The maximum atomic E-state index is 12.0. The van der Waals surface area contributed by atoms with E-state index in [1.54, 1.807) is 13.0 Å². The van der Waals surface area contributed by atoms with Gasteiger partial charge in [0.25, 0.3) is 0 Å². The number of hydrogen-bond acceptors (Lipinski definition) is 2. The quantitative estimate of drug-likeness (QED) is 0.732. The zero-order valence-corrected chi connectivity index (χ0v) is 7.17. The summed E-state index contributed by atoms with van der Waals surface area (Å²) in [7, 11) is 0. The van der Waals surface area contributed by atoms with E-state index in [0.29, 0.717) is 0 Å². The van der Waals surface area contributed by atoms with Crippen molar-refractivity contribution in [3.05, 3.63) is 21.9 Å². The summed E-state index contributed by atoms with van der Waals surface area (Å²) < 4.78 is 36.1. The van der Waals surface area contributed by atoms with Gasteiger partial charge < -0.3 is 5.73 Å². The topological polar surface area (TPSA) is 26.0 Å². The van der Waals surface area contributed by atoms with E-state index >= 15 is 0 Å². The van der Waals surface area contributed by atoms with Crippen molar-refractivity contribution in [3.8, 4) is 0 Å². The molecule has 0 saturated heterocycles. The number of hydrogen-bond donors (Lipinski definition) is 1. The molecule has 1 nitrogen and oxygen atoms in total. The summed E-state index contributed by atoms with van der Waals surface area (Å²) in [4.78, 5) is 1.00. The second kappa shape index (κ2) is 3.06. The van der Waals surface area contributed by atoms with Crippen molar-refractivity contribution in [2.24, 2.45) is 5.73 Å². The van der Waals surface area contributed by atoms with E-state index in [4.69, 9.17) is 5.73 Å². The smallest absolute Gasteiger partial charge is 0.316 e. The van der Waals surface area contributed by atoms with E-state index in [9.17, 15) is 13.2 Å². The van der Waals surface area contributed by atoms with Gasteiger partial charge in [0.05, 0.1) is 0 Å². The third-order valence-electron chi connectivity index (χ3n) is 1.42. The largest absolute Gasteiger partial charge is 0.408 e. The van der Waals surface area contributed by atoms with Crippen LogP contribution in [0, 0.1) is 6.92 Å². The van der Waals surface area contributed by atoms with Gasteiger partial charge in [-0.3, -0.25) is 0 Å². The standard InChI is InChI=1S/C7H8F3NS/c1-4-2-3-5(12-4)6(11)7(8,9)10/h2-3,6H,11H2,1H3. The minimum Gasteiger partial charge on any atom is -0.316 e. The molecule has 1 unspecified atom stereocenters. The molecular formula is C7H8F3NS. The third kappa shape index (κ3) is 1.98. The van der Waals surface area contributed by atoms with Crippen LogP contribution in [0.5, 0.6) is 0 Å². The molecule has 0 aromatic carbocycles. The highest BCUT2D eigenvalue weighted by Gasteiger charge is 2.38. The monoisotopic (exact) mass is 195 g/mol. The molecule has 0 fully saturated rings. The minimum absolute atomic E-state index is 0.167. The van der Waals surface area contributed by atoms with E-state index in [-0.39, 0.29) is 4.88 Å². The minimum atomic E-state index is -4.34. The van der Waals surface area contributed by atoms with Gasteiger partial charge in [-0.25, -0.2) is 0 Å². The Kier molecular flexibility index (Phi) is 2.44. The van der Waals surface area contributed by atoms with E-state index in [1.807, 2.05) is 0 Å². The number of aryl methyl sites for hydroxylation is 1. The van der Waals surface area contributed by atoms with Crippen LogP contribution in [0.1, 0.15) is 15.8 Å². The van der Waals surface area contributed by atoms with Crippen LogP contribution in [0.4, 0.5) is 13.2 Å². The molecular weight excluding hydrogens is 187 g/mol. The number of alkyl halides is 3. The average molecular weight is 195 g/mol. The molecule has 0 radical (unpaired) electrons. The van der Waals surface area contributed by atoms with E-state index in [1.165, 1.54) is 6.07 Å². The molecule has 0 spiro atoms. The van der Waals surface area contributed by atoms with Gasteiger partial charge >= 0.3 is 6.18 Å². The molecule has 68 valence electrons. The Morgan fingerprint density at radius 3 is 2.33 bits per heavy atom. The molecule has 1 aromatic heterocycles. The number of halogens is 3. The summed E-state index contributed by atoms with van der Waals surface area (Å²) >= 11 is 1.08. The van der Waals surface area contributed by atoms with Gasteiger partial charge in [0.15, 0.2) is 0 Å². The summed E-state index contributed by atoms with van der Waals surface area (Å²) in [6.45, 7) is 1.75. The molecule has 0 aliphatic heterocycles. The first-order chi connectivity index (χ1) is 5.41. The molecule has 0 saturated carbocycles. The van der Waals surface area contributed by atoms with Crippen molar-refractivity contribution in [1.82, 2.24) is 0 Å². The van der Waals surface area contributed by atoms with E-state index in [2.05, 4.69) is 0 Å². The first-order valence-corrected chi connectivity index (χ1v) is 4.11. The van der Waals surface area contributed by atoms with Crippen LogP contribution in [0.25, 0.3) is 0 Å². The predicted octanol–water partition coefficient (Wildman–Crippen LogP) is 2.62. The van der Waals surface area contributed by atoms with Crippen molar-refractivity contribution < 1.29 is 13.2 Å². The van der Waals surface area contributed by atoms with Gasteiger partial charge in [-0.1, -0.05) is 0 Å². The molecule has 5 heteroatoms. The molecule has 1 rings (SSSR count). The lowest BCUT2D eigenvalue weighted by molar-refractivity contribution is -0.148. The van der Waals surface area contributed by atoms with Crippen molar-refractivity contribution in [2.45, 2.75) is 19.1 Å². The molecule has 2 N–H and O–H groups in total. The first-order valence-electron chi connectivity index (χ1n) is 3.30. The molecule has 0 aliphatic rings. The highest BCUT2D eigenvalue weighted by atomic mass is 32.1. The van der Waals surface area contributed by atoms with Gasteiger partial charge in [0.2, 0.25) is 0 Å². The summed E-state index contributed by atoms with van der Waals surface area (Å²) in [5.41, 5.74) is 4.97. The van der Waals surface area contributed by atoms with Gasteiger partial charge in [0.1, 0.15) is 6.04 Å². The maximum absolute atomic E-state index is 12.0. The average Bonchev–Trinajstić information content (AvgIpc) is 2.32. The van der Waals surface area contributed by atoms with Crippen LogP contribution in [-0.4, -0.2) is 6.18 Å².